The molecule has 0 saturated heterocycles. The number of aromatic nitrogens is 1. The SMILES string of the molecule is Cc1ccc2nc(-c3ccc(N/C=C(/C#N)C(=O)Nc4cccc(C(F)(F)F)c4)cc3)sc2c1. The first-order chi connectivity index (χ1) is 16.2. The first-order valence-corrected chi connectivity index (χ1v) is 10.9. The van der Waals surface area contributed by atoms with Crippen LogP contribution in [-0.4, -0.2) is 10.9 Å². The fourth-order valence-corrected chi connectivity index (χ4v) is 4.21. The fourth-order valence-electron chi connectivity index (χ4n) is 3.14. The topological polar surface area (TPSA) is 77.8 Å². The van der Waals surface area contributed by atoms with Gasteiger partial charge >= 0.3 is 6.18 Å². The fraction of sp³-hybridized carbons (Fsp3) is 0.0800. The predicted octanol–water partition coefficient (Wildman–Crippen LogP) is 6.75. The van der Waals surface area contributed by atoms with Gasteiger partial charge in [0.25, 0.3) is 5.91 Å². The number of carbonyl (C=O) groups excluding carboxylic acids is 1. The van der Waals surface area contributed by atoms with Crippen LogP contribution in [0.15, 0.2) is 78.5 Å². The molecular formula is C25H17F3N4OS. The lowest BCUT2D eigenvalue weighted by Crippen LogP contribution is -2.15. The molecule has 0 spiro atoms. The average Bonchev–Trinajstić information content (AvgIpc) is 3.22. The van der Waals surface area contributed by atoms with E-state index in [2.05, 4.69) is 21.7 Å². The van der Waals surface area contributed by atoms with E-state index in [0.717, 1.165) is 32.9 Å². The van der Waals surface area contributed by atoms with Crippen molar-refractivity contribution in [3.63, 3.8) is 0 Å². The summed E-state index contributed by atoms with van der Waals surface area (Å²) in [6, 6.07) is 19.3. The molecule has 34 heavy (non-hydrogen) atoms. The number of nitrogens with zero attached hydrogens (tertiary/aromatic N) is 2. The molecule has 1 heterocycles. The lowest BCUT2D eigenvalue weighted by Gasteiger charge is -2.09. The van der Waals surface area contributed by atoms with Gasteiger partial charge in [-0.05, 0) is 67.1 Å². The van der Waals surface area contributed by atoms with E-state index in [1.54, 1.807) is 29.5 Å². The number of anilines is 2. The lowest BCUT2D eigenvalue weighted by molar-refractivity contribution is -0.137. The van der Waals surface area contributed by atoms with E-state index < -0.39 is 17.6 Å². The normalized spacial score (nSPS) is 11.8. The molecule has 0 aliphatic heterocycles. The smallest absolute Gasteiger partial charge is 0.360 e. The summed E-state index contributed by atoms with van der Waals surface area (Å²) in [7, 11) is 0. The summed E-state index contributed by atoms with van der Waals surface area (Å²) in [5.74, 6) is -0.823. The van der Waals surface area contributed by atoms with E-state index in [1.165, 1.54) is 23.9 Å². The monoisotopic (exact) mass is 478 g/mol. The molecule has 0 atom stereocenters. The highest BCUT2D eigenvalue weighted by atomic mass is 32.1. The Bertz CT molecular complexity index is 1430. The van der Waals surface area contributed by atoms with E-state index in [1.807, 2.05) is 31.2 Å². The average molecular weight is 478 g/mol. The molecule has 0 unspecified atom stereocenters. The van der Waals surface area contributed by atoms with Gasteiger partial charge in [0, 0.05) is 23.1 Å². The third-order valence-electron chi connectivity index (χ3n) is 4.87. The molecule has 0 saturated carbocycles. The van der Waals surface area contributed by atoms with E-state index in [4.69, 9.17) is 0 Å². The Labute approximate surface area is 197 Å². The zero-order valence-electron chi connectivity index (χ0n) is 17.8. The van der Waals surface area contributed by atoms with Crippen LogP contribution in [0.25, 0.3) is 20.8 Å². The van der Waals surface area contributed by atoms with E-state index in [-0.39, 0.29) is 11.3 Å². The quantitative estimate of drug-likeness (QED) is 0.246. The number of fused-ring (bicyclic) bond motifs is 1. The maximum atomic E-state index is 12.9. The number of hydrogen-bond acceptors (Lipinski definition) is 5. The Morgan fingerprint density at radius 1 is 1.06 bits per heavy atom. The number of nitriles is 1. The highest BCUT2D eigenvalue weighted by Crippen LogP contribution is 2.32. The van der Waals surface area contributed by atoms with Crippen LogP contribution >= 0.6 is 11.3 Å². The highest BCUT2D eigenvalue weighted by molar-refractivity contribution is 7.21. The van der Waals surface area contributed by atoms with Crippen molar-refractivity contribution < 1.29 is 18.0 Å². The van der Waals surface area contributed by atoms with Gasteiger partial charge in [0.1, 0.15) is 16.6 Å². The van der Waals surface area contributed by atoms with Crippen molar-refractivity contribution in [1.29, 1.82) is 5.26 Å². The van der Waals surface area contributed by atoms with Crippen LogP contribution in [0.2, 0.25) is 0 Å². The molecule has 0 fully saturated rings. The molecule has 2 N–H and O–H groups in total. The Morgan fingerprint density at radius 3 is 2.53 bits per heavy atom. The van der Waals surface area contributed by atoms with Crippen molar-refractivity contribution in [3.8, 4) is 16.6 Å². The van der Waals surface area contributed by atoms with Crippen molar-refractivity contribution in [1.82, 2.24) is 4.98 Å². The number of rotatable bonds is 5. The number of amides is 1. The molecule has 0 radical (unpaired) electrons. The van der Waals surface area contributed by atoms with Crippen LogP contribution in [-0.2, 0) is 11.0 Å². The van der Waals surface area contributed by atoms with Crippen molar-refractivity contribution >= 4 is 38.8 Å². The van der Waals surface area contributed by atoms with Crippen LogP contribution in [0.4, 0.5) is 24.5 Å². The van der Waals surface area contributed by atoms with Gasteiger partial charge in [0.05, 0.1) is 15.8 Å². The Kier molecular flexibility index (Phi) is 6.34. The van der Waals surface area contributed by atoms with E-state index in [0.29, 0.717) is 5.69 Å². The second-order valence-corrected chi connectivity index (χ2v) is 8.45. The molecule has 4 rings (SSSR count). The Balaban J connectivity index is 1.45. The minimum absolute atomic E-state index is 0.0589. The third-order valence-corrected chi connectivity index (χ3v) is 5.94. The molecule has 170 valence electrons. The zero-order chi connectivity index (χ0) is 24.3. The Morgan fingerprint density at radius 2 is 1.82 bits per heavy atom. The summed E-state index contributed by atoms with van der Waals surface area (Å²) in [6.45, 7) is 2.03. The molecule has 1 amide bonds. The summed E-state index contributed by atoms with van der Waals surface area (Å²) in [5.41, 5.74) is 2.41. The van der Waals surface area contributed by atoms with Crippen molar-refractivity contribution in [3.05, 3.63) is 89.6 Å². The van der Waals surface area contributed by atoms with Crippen molar-refractivity contribution in [2.75, 3.05) is 10.6 Å². The molecule has 5 nitrogen and oxygen atoms in total. The van der Waals surface area contributed by atoms with Gasteiger partial charge in [0.15, 0.2) is 0 Å². The third kappa shape index (κ3) is 5.24. The van der Waals surface area contributed by atoms with Crippen LogP contribution in [0.3, 0.4) is 0 Å². The first kappa shape index (κ1) is 23.0. The summed E-state index contributed by atoms with van der Waals surface area (Å²) in [4.78, 5) is 17.0. The number of thiazole rings is 1. The number of nitrogens with one attached hydrogen (secondary N) is 2. The van der Waals surface area contributed by atoms with Crippen LogP contribution in [0.5, 0.6) is 0 Å². The van der Waals surface area contributed by atoms with Gasteiger partial charge in [0.2, 0.25) is 0 Å². The standard InChI is InChI=1S/C25H17F3N4OS/c1-15-5-10-21-22(11-15)34-24(32-21)16-6-8-19(9-7-16)30-14-17(13-29)23(33)31-20-4-2-3-18(12-20)25(26,27)28/h2-12,14,30H,1H3,(H,31,33)/b17-14-. The zero-order valence-corrected chi connectivity index (χ0v) is 18.6. The van der Waals surface area contributed by atoms with E-state index in [9.17, 15) is 23.2 Å². The molecule has 0 aliphatic carbocycles. The van der Waals surface area contributed by atoms with Crippen LogP contribution in [0.1, 0.15) is 11.1 Å². The lowest BCUT2D eigenvalue weighted by atomic mass is 10.2. The van der Waals surface area contributed by atoms with Gasteiger partial charge < -0.3 is 10.6 Å². The van der Waals surface area contributed by atoms with Gasteiger partial charge in [-0.2, -0.15) is 18.4 Å². The minimum Gasteiger partial charge on any atom is -0.360 e. The molecule has 4 aromatic rings. The summed E-state index contributed by atoms with van der Waals surface area (Å²) in [6.07, 6.45) is -3.33. The number of carbonyl (C=O) groups is 1. The van der Waals surface area contributed by atoms with Gasteiger partial charge in [-0.15, -0.1) is 11.3 Å². The van der Waals surface area contributed by atoms with Crippen LogP contribution < -0.4 is 10.6 Å². The molecule has 0 aliphatic rings. The molecule has 0 bridgehead atoms. The van der Waals surface area contributed by atoms with Crippen molar-refractivity contribution in [2.45, 2.75) is 13.1 Å². The molecule has 9 heteroatoms. The summed E-state index contributed by atoms with van der Waals surface area (Å²) >= 11 is 1.59. The maximum Gasteiger partial charge on any atom is 0.416 e. The van der Waals surface area contributed by atoms with Gasteiger partial charge in [-0.25, -0.2) is 4.98 Å². The molecular weight excluding hydrogens is 461 g/mol. The van der Waals surface area contributed by atoms with Gasteiger partial charge in [-0.3, -0.25) is 4.79 Å². The van der Waals surface area contributed by atoms with Gasteiger partial charge in [-0.1, -0.05) is 12.1 Å². The first-order valence-electron chi connectivity index (χ1n) is 10.1. The molecule has 1 aromatic heterocycles. The summed E-state index contributed by atoms with van der Waals surface area (Å²) < 4.78 is 39.7. The number of aryl methyl sites for hydroxylation is 1. The minimum atomic E-state index is -4.54. The second kappa shape index (κ2) is 9.37. The number of hydrogen-bond donors (Lipinski definition) is 2. The van der Waals surface area contributed by atoms with Crippen LogP contribution in [0, 0.1) is 18.3 Å². The Hall–Kier alpha value is -4.16. The second-order valence-electron chi connectivity index (χ2n) is 7.41. The highest BCUT2D eigenvalue weighted by Gasteiger charge is 2.30. The molecule has 3 aromatic carbocycles. The number of benzene rings is 3. The predicted molar refractivity (Wildman–Crippen MR) is 127 cm³/mol. The maximum absolute atomic E-state index is 12.9. The van der Waals surface area contributed by atoms with E-state index >= 15 is 0 Å². The van der Waals surface area contributed by atoms with Crippen molar-refractivity contribution in [2.24, 2.45) is 0 Å². The number of halogens is 3. The summed E-state index contributed by atoms with van der Waals surface area (Å²) in [5, 5.41) is 15.4. The number of alkyl halides is 3. The largest absolute Gasteiger partial charge is 0.416 e.